The second kappa shape index (κ2) is 7.16. The largest absolute Gasteiger partial charge is 0.354 e. The number of hydrogen-bond acceptors (Lipinski definition) is 3. The summed E-state index contributed by atoms with van der Waals surface area (Å²) in [6.07, 6.45) is 3.57. The number of amides is 1. The van der Waals surface area contributed by atoms with Gasteiger partial charge in [-0.15, -0.1) is 0 Å². The molecule has 2 aromatic carbocycles. The summed E-state index contributed by atoms with van der Waals surface area (Å²) in [4.78, 5) is 19.3. The molecule has 0 saturated carbocycles. The van der Waals surface area contributed by atoms with Crippen LogP contribution in [0.4, 0.5) is 15.8 Å². The molecule has 0 spiro atoms. The summed E-state index contributed by atoms with van der Waals surface area (Å²) in [6.45, 7) is 3.36. The van der Waals surface area contributed by atoms with Crippen molar-refractivity contribution in [2.24, 2.45) is 0 Å². The van der Waals surface area contributed by atoms with Crippen LogP contribution in [0.2, 0.25) is 5.02 Å². The molecule has 0 radical (unpaired) electrons. The fourth-order valence-electron chi connectivity index (χ4n) is 3.43. The number of anilines is 2. The molecule has 1 aliphatic heterocycles. The maximum absolute atomic E-state index is 14.0. The molecule has 1 amide bonds. The lowest BCUT2D eigenvalue weighted by atomic mass is 10.1. The lowest BCUT2D eigenvalue weighted by Gasteiger charge is -2.20. The summed E-state index contributed by atoms with van der Waals surface area (Å²) >= 11 is 6.24. The highest BCUT2D eigenvalue weighted by atomic mass is 35.5. The van der Waals surface area contributed by atoms with Gasteiger partial charge in [-0.2, -0.15) is 0 Å². The molecule has 1 aromatic heterocycles. The van der Waals surface area contributed by atoms with Crippen LogP contribution in [0.15, 0.2) is 42.6 Å². The van der Waals surface area contributed by atoms with Gasteiger partial charge in [0.15, 0.2) is 0 Å². The van der Waals surface area contributed by atoms with E-state index in [-0.39, 0.29) is 11.7 Å². The molecule has 4 nitrogen and oxygen atoms in total. The highest BCUT2D eigenvalue weighted by molar-refractivity contribution is 6.31. The number of carbonyl (C=O) groups excluding carboxylic acids is 1. The number of rotatable bonds is 3. The normalized spacial score (nSPS) is 14.0. The van der Waals surface area contributed by atoms with Crippen molar-refractivity contribution in [3.63, 3.8) is 0 Å². The first-order chi connectivity index (χ1) is 13.0. The molecule has 0 atom stereocenters. The number of benzene rings is 2. The lowest BCUT2D eigenvalue weighted by Crippen LogP contribution is -2.28. The first kappa shape index (κ1) is 17.7. The molecule has 138 valence electrons. The zero-order valence-electron chi connectivity index (χ0n) is 14.9. The second-order valence-electron chi connectivity index (χ2n) is 6.75. The van der Waals surface area contributed by atoms with E-state index >= 15 is 0 Å². The molecule has 1 aliphatic rings. The Balaban J connectivity index is 1.88. The first-order valence-electron chi connectivity index (χ1n) is 8.94. The smallest absolute Gasteiger partial charge is 0.257 e. The van der Waals surface area contributed by atoms with Crippen molar-refractivity contribution in [2.75, 3.05) is 18.4 Å². The Bertz CT molecular complexity index is 1030. The van der Waals surface area contributed by atoms with Gasteiger partial charge in [0, 0.05) is 35.4 Å². The van der Waals surface area contributed by atoms with Gasteiger partial charge in [0.05, 0.1) is 16.8 Å². The Morgan fingerprint density at radius 2 is 2.00 bits per heavy atom. The average molecular weight is 384 g/mol. The molecule has 3 aromatic rings. The van der Waals surface area contributed by atoms with Crippen LogP contribution >= 0.6 is 11.6 Å². The maximum atomic E-state index is 14.0. The van der Waals surface area contributed by atoms with E-state index in [4.69, 9.17) is 11.6 Å². The first-order valence-corrected chi connectivity index (χ1v) is 9.32. The number of aromatic nitrogens is 1. The van der Waals surface area contributed by atoms with E-state index < -0.39 is 0 Å². The van der Waals surface area contributed by atoms with Gasteiger partial charge in [-0.25, -0.2) is 4.39 Å². The molecule has 6 heteroatoms. The van der Waals surface area contributed by atoms with E-state index in [2.05, 4.69) is 10.3 Å². The summed E-state index contributed by atoms with van der Waals surface area (Å²) in [5.41, 5.74) is 3.25. The van der Waals surface area contributed by atoms with Gasteiger partial charge in [-0.1, -0.05) is 17.7 Å². The summed E-state index contributed by atoms with van der Waals surface area (Å²) in [5, 5.41) is 4.51. The predicted molar refractivity (Wildman–Crippen MR) is 106 cm³/mol. The highest BCUT2D eigenvalue weighted by Gasteiger charge is 2.24. The molecule has 27 heavy (non-hydrogen) atoms. The third-order valence-corrected chi connectivity index (χ3v) is 5.39. The fourth-order valence-corrected chi connectivity index (χ4v) is 3.60. The van der Waals surface area contributed by atoms with E-state index in [0.29, 0.717) is 27.2 Å². The third kappa shape index (κ3) is 3.35. The molecule has 1 saturated heterocycles. The zero-order valence-corrected chi connectivity index (χ0v) is 15.7. The fraction of sp³-hybridized carbons (Fsp3) is 0.238. The van der Waals surface area contributed by atoms with E-state index in [1.165, 1.54) is 12.1 Å². The Labute approximate surface area is 162 Å². The Morgan fingerprint density at radius 1 is 1.22 bits per heavy atom. The summed E-state index contributed by atoms with van der Waals surface area (Å²) in [6, 6.07) is 9.92. The molecule has 0 unspecified atom stereocenters. The molecule has 1 fully saturated rings. The summed E-state index contributed by atoms with van der Waals surface area (Å²) in [5.74, 6) is -0.464. The van der Waals surface area contributed by atoms with Gasteiger partial charge >= 0.3 is 0 Å². The monoisotopic (exact) mass is 383 g/mol. The molecule has 0 aliphatic carbocycles. The number of carbonyl (C=O) groups is 1. The second-order valence-corrected chi connectivity index (χ2v) is 7.15. The van der Waals surface area contributed by atoms with E-state index in [1.54, 1.807) is 12.3 Å². The molecular weight excluding hydrogens is 365 g/mol. The van der Waals surface area contributed by atoms with Crippen LogP contribution in [0.5, 0.6) is 0 Å². The van der Waals surface area contributed by atoms with E-state index in [1.807, 2.05) is 30.0 Å². The molecule has 2 heterocycles. The van der Waals surface area contributed by atoms with Crippen LogP contribution in [-0.4, -0.2) is 28.9 Å². The SMILES string of the molecule is Cc1c(Cl)cccc1Nc1c(C(=O)N2CCCC2)cnc2ccc(F)cc12. The van der Waals surface area contributed by atoms with Crippen LogP contribution in [0.3, 0.4) is 0 Å². The number of likely N-dealkylation sites (tertiary alicyclic amines) is 1. The Hall–Kier alpha value is -2.66. The minimum Gasteiger partial charge on any atom is -0.354 e. The van der Waals surface area contributed by atoms with Crippen LogP contribution in [0, 0.1) is 12.7 Å². The standard InChI is InChI=1S/C21H19ClFN3O/c1-13-17(22)5-4-6-18(13)25-20-15-11-14(23)7-8-19(15)24-12-16(20)21(27)26-9-2-3-10-26/h4-8,11-12H,2-3,9-10H2,1H3,(H,24,25). The Morgan fingerprint density at radius 3 is 2.78 bits per heavy atom. The minimum atomic E-state index is -0.374. The molecule has 4 rings (SSSR count). The number of pyridine rings is 1. The molecular formula is C21H19ClFN3O. The summed E-state index contributed by atoms with van der Waals surface area (Å²) in [7, 11) is 0. The molecule has 0 bridgehead atoms. The van der Waals surface area contributed by atoms with Crippen LogP contribution in [0.1, 0.15) is 28.8 Å². The minimum absolute atomic E-state index is 0.0895. The average Bonchev–Trinajstić information content (AvgIpc) is 3.20. The van der Waals surface area contributed by atoms with Crippen molar-refractivity contribution in [1.82, 2.24) is 9.88 Å². The van der Waals surface area contributed by atoms with Crippen molar-refractivity contribution >= 4 is 39.8 Å². The lowest BCUT2D eigenvalue weighted by molar-refractivity contribution is 0.0793. The van der Waals surface area contributed by atoms with Gasteiger partial charge in [0.25, 0.3) is 5.91 Å². The number of hydrogen-bond donors (Lipinski definition) is 1. The predicted octanol–water partition coefficient (Wildman–Crippen LogP) is 5.32. The highest BCUT2D eigenvalue weighted by Crippen LogP contribution is 2.33. The van der Waals surface area contributed by atoms with Crippen molar-refractivity contribution in [2.45, 2.75) is 19.8 Å². The molecule has 1 N–H and O–H groups in total. The Kier molecular flexibility index (Phi) is 4.70. The number of fused-ring (bicyclic) bond motifs is 1. The van der Waals surface area contributed by atoms with Gasteiger partial charge in [0.1, 0.15) is 5.82 Å². The van der Waals surface area contributed by atoms with Crippen molar-refractivity contribution in [3.05, 3.63) is 64.6 Å². The van der Waals surface area contributed by atoms with Gasteiger partial charge in [0.2, 0.25) is 0 Å². The number of halogens is 2. The summed E-state index contributed by atoms with van der Waals surface area (Å²) < 4.78 is 14.0. The van der Waals surface area contributed by atoms with Gasteiger partial charge < -0.3 is 10.2 Å². The van der Waals surface area contributed by atoms with Crippen LogP contribution in [-0.2, 0) is 0 Å². The maximum Gasteiger partial charge on any atom is 0.257 e. The van der Waals surface area contributed by atoms with Crippen LogP contribution < -0.4 is 5.32 Å². The van der Waals surface area contributed by atoms with Crippen molar-refractivity contribution < 1.29 is 9.18 Å². The van der Waals surface area contributed by atoms with Gasteiger partial charge in [-0.05, 0) is 55.7 Å². The number of nitrogens with one attached hydrogen (secondary N) is 1. The topological polar surface area (TPSA) is 45.2 Å². The quantitative estimate of drug-likeness (QED) is 0.666. The van der Waals surface area contributed by atoms with Crippen molar-refractivity contribution in [1.29, 1.82) is 0 Å². The van der Waals surface area contributed by atoms with E-state index in [0.717, 1.165) is 37.2 Å². The van der Waals surface area contributed by atoms with Crippen molar-refractivity contribution in [3.8, 4) is 0 Å². The van der Waals surface area contributed by atoms with Gasteiger partial charge in [-0.3, -0.25) is 9.78 Å². The van der Waals surface area contributed by atoms with Crippen LogP contribution in [0.25, 0.3) is 10.9 Å². The van der Waals surface area contributed by atoms with E-state index in [9.17, 15) is 9.18 Å². The third-order valence-electron chi connectivity index (χ3n) is 4.98. The number of nitrogens with zero attached hydrogens (tertiary/aromatic N) is 2. The zero-order chi connectivity index (χ0) is 19.0.